The predicted octanol–water partition coefficient (Wildman–Crippen LogP) is 1.84. The van der Waals surface area contributed by atoms with Crippen LogP contribution < -0.4 is 10.6 Å². The highest BCUT2D eigenvalue weighted by atomic mass is 16.3. The summed E-state index contributed by atoms with van der Waals surface area (Å²) in [5.41, 5.74) is 3.15. The summed E-state index contributed by atoms with van der Waals surface area (Å²) < 4.78 is 0. The second-order valence-electron chi connectivity index (χ2n) is 6.28. The topological polar surface area (TPSA) is 69.0 Å². The van der Waals surface area contributed by atoms with E-state index in [9.17, 15) is 5.11 Å². The lowest BCUT2D eigenvalue weighted by atomic mass is 10.0. The normalized spacial score (nSPS) is 24.1. The summed E-state index contributed by atoms with van der Waals surface area (Å²) in [6.07, 6.45) is 10.1. The van der Waals surface area contributed by atoms with Gasteiger partial charge < -0.3 is 15.7 Å². The first-order valence-electron chi connectivity index (χ1n) is 8.71. The van der Waals surface area contributed by atoms with E-state index >= 15 is 0 Å². The Morgan fingerprint density at radius 1 is 1.35 bits per heavy atom. The zero-order valence-corrected chi connectivity index (χ0v) is 14.4. The van der Waals surface area contributed by atoms with Crippen molar-refractivity contribution >= 4 is 11.4 Å². The zero-order chi connectivity index (χ0) is 16.5. The van der Waals surface area contributed by atoms with E-state index in [-0.39, 0.29) is 0 Å². The third-order valence-electron chi connectivity index (χ3n) is 4.38. The molecule has 2 rings (SSSR count). The molecule has 0 amide bonds. The standard InChI is InChI=1S/C18H30N4O/c1-14(17-7-3-5-10-20-17)19-12-9-16(23)13-22-15(2)18-8-4-6-11-21-18/h4,6,8,16-17,20-21,23H,3,5,7,9-13H2,1-2H3. The fraction of sp³-hybridized carbons (Fsp3) is 0.667. The summed E-state index contributed by atoms with van der Waals surface area (Å²) in [6.45, 7) is 7.10. The number of piperidine rings is 1. The van der Waals surface area contributed by atoms with Crippen LogP contribution in [0.15, 0.2) is 33.9 Å². The Morgan fingerprint density at radius 3 is 2.91 bits per heavy atom. The maximum atomic E-state index is 10.1. The summed E-state index contributed by atoms with van der Waals surface area (Å²) in [7, 11) is 0. The van der Waals surface area contributed by atoms with Gasteiger partial charge in [-0.2, -0.15) is 0 Å². The van der Waals surface area contributed by atoms with E-state index in [0.717, 1.165) is 24.5 Å². The first-order valence-corrected chi connectivity index (χ1v) is 8.71. The molecule has 0 spiro atoms. The Bertz CT molecular complexity index is 487. The molecule has 0 radical (unpaired) electrons. The lowest BCUT2D eigenvalue weighted by molar-refractivity contribution is 0.176. The van der Waals surface area contributed by atoms with E-state index in [1.165, 1.54) is 25.0 Å². The van der Waals surface area contributed by atoms with Gasteiger partial charge >= 0.3 is 0 Å². The number of aliphatic hydroxyl groups excluding tert-OH is 1. The molecule has 1 fully saturated rings. The van der Waals surface area contributed by atoms with Crippen LogP contribution in [0.2, 0.25) is 0 Å². The first-order chi connectivity index (χ1) is 11.2. The van der Waals surface area contributed by atoms with E-state index in [2.05, 4.69) is 33.6 Å². The van der Waals surface area contributed by atoms with Crippen molar-refractivity contribution in [3.63, 3.8) is 0 Å². The van der Waals surface area contributed by atoms with Crippen LogP contribution in [-0.2, 0) is 0 Å². The number of nitrogens with one attached hydrogen (secondary N) is 2. The largest absolute Gasteiger partial charge is 0.391 e. The Morgan fingerprint density at radius 2 is 2.22 bits per heavy atom. The van der Waals surface area contributed by atoms with Gasteiger partial charge in [-0.3, -0.25) is 9.98 Å². The molecular formula is C18H30N4O. The highest BCUT2D eigenvalue weighted by molar-refractivity contribution is 5.98. The van der Waals surface area contributed by atoms with Crippen molar-refractivity contribution < 1.29 is 5.11 Å². The summed E-state index contributed by atoms with van der Waals surface area (Å²) in [6, 6.07) is 0.429. The van der Waals surface area contributed by atoms with Crippen molar-refractivity contribution in [3.05, 3.63) is 23.9 Å². The van der Waals surface area contributed by atoms with Gasteiger partial charge in [0.1, 0.15) is 0 Å². The van der Waals surface area contributed by atoms with Gasteiger partial charge in [0.2, 0.25) is 0 Å². The number of rotatable bonds is 7. The van der Waals surface area contributed by atoms with Crippen LogP contribution in [0.5, 0.6) is 0 Å². The average Bonchev–Trinajstić information content (AvgIpc) is 2.61. The summed E-state index contributed by atoms with van der Waals surface area (Å²) in [5, 5.41) is 16.8. The molecule has 3 N–H and O–H groups in total. The van der Waals surface area contributed by atoms with Gasteiger partial charge in [0.15, 0.2) is 0 Å². The molecule has 128 valence electrons. The predicted molar refractivity (Wildman–Crippen MR) is 97.4 cm³/mol. The van der Waals surface area contributed by atoms with Gasteiger partial charge in [-0.05, 0) is 45.7 Å². The van der Waals surface area contributed by atoms with Crippen molar-refractivity contribution in [2.45, 2.75) is 51.7 Å². The number of hydrogen-bond acceptors (Lipinski definition) is 5. The lowest BCUT2D eigenvalue weighted by Gasteiger charge is -2.23. The number of dihydropyridines is 1. The number of hydrogen-bond donors (Lipinski definition) is 3. The van der Waals surface area contributed by atoms with Crippen LogP contribution in [0.3, 0.4) is 0 Å². The summed E-state index contributed by atoms with van der Waals surface area (Å²) in [4.78, 5) is 9.09. The smallest absolute Gasteiger partial charge is 0.0753 e. The van der Waals surface area contributed by atoms with Crippen LogP contribution >= 0.6 is 0 Å². The average molecular weight is 318 g/mol. The molecule has 5 nitrogen and oxygen atoms in total. The van der Waals surface area contributed by atoms with Gasteiger partial charge in [0.25, 0.3) is 0 Å². The highest BCUT2D eigenvalue weighted by Crippen LogP contribution is 2.09. The van der Waals surface area contributed by atoms with Crippen molar-refractivity contribution in [2.24, 2.45) is 9.98 Å². The minimum atomic E-state index is -0.430. The number of nitrogens with zero attached hydrogens (tertiary/aromatic N) is 2. The second-order valence-corrected chi connectivity index (χ2v) is 6.28. The van der Waals surface area contributed by atoms with E-state index < -0.39 is 6.10 Å². The molecule has 0 aromatic carbocycles. The van der Waals surface area contributed by atoms with Crippen molar-refractivity contribution in [1.82, 2.24) is 10.6 Å². The van der Waals surface area contributed by atoms with Crippen LogP contribution in [0.25, 0.3) is 0 Å². The quantitative estimate of drug-likeness (QED) is 0.628. The molecule has 1 saturated heterocycles. The summed E-state index contributed by atoms with van der Waals surface area (Å²) in [5.74, 6) is 0. The Labute approximate surface area is 139 Å². The van der Waals surface area contributed by atoms with Gasteiger partial charge in [-0.1, -0.05) is 18.6 Å². The van der Waals surface area contributed by atoms with Crippen LogP contribution in [0, 0.1) is 0 Å². The number of aliphatic imine (C=N–C) groups is 2. The molecule has 2 aliphatic rings. The van der Waals surface area contributed by atoms with Gasteiger partial charge in [-0.25, -0.2) is 0 Å². The van der Waals surface area contributed by atoms with E-state index in [1.807, 2.05) is 19.1 Å². The third kappa shape index (κ3) is 6.28. The van der Waals surface area contributed by atoms with Crippen LogP contribution in [0.1, 0.15) is 39.5 Å². The minimum absolute atomic E-state index is 0.429. The number of allylic oxidation sites excluding steroid dienone is 3. The van der Waals surface area contributed by atoms with Crippen LogP contribution in [0.4, 0.5) is 0 Å². The fourth-order valence-corrected chi connectivity index (χ4v) is 2.84. The van der Waals surface area contributed by atoms with Gasteiger partial charge in [0.05, 0.1) is 24.1 Å². The maximum absolute atomic E-state index is 10.1. The second kappa shape index (κ2) is 9.63. The lowest BCUT2D eigenvalue weighted by Crippen LogP contribution is -2.39. The molecule has 5 heteroatoms. The monoisotopic (exact) mass is 318 g/mol. The summed E-state index contributed by atoms with van der Waals surface area (Å²) >= 11 is 0. The molecule has 2 aliphatic heterocycles. The van der Waals surface area contributed by atoms with E-state index in [1.54, 1.807) is 0 Å². The molecular weight excluding hydrogens is 288 g/mol. The van der Waals surface area contributed by atoms with Crippen molar-refractivity contribution in [1.29, 1.82) is 0 Å². The third-order valence-corrected chi connectivity index (χ3v) is 4.38. The first kappa shape index (κ1) is 17.9. The van der Waals surface area contributed by atoms with Gasteiger partial charge in [0, 0.05) is 24.8 Å². The Kier molecular flexibility index (Phi) is 7.49. The molecule has 23 heavy (non-hydrogen) atoms. The molecule has 2 heterocycles. The molecule has 0 saturated carbocycles. The highest BCUT2D eigenvalue weighted by Gasteiger charge is 2.14. The Balaban J connectivity index is 1.71. The molecule has 2 atom stereocenters. The molecule has 0 bridgehead atoms. The van der Waals surface area contributed by atoms with E-state index in [4.69, 9.17) is 0 Å². The molecule has 0 aromatic heterocycles. The minimum Gasteiger partial charge on any atom is -0.391 e. The van der Waals surface area contributed by atoms with Gasteiger partial charge in [-0.15, -0.1) is 0 Å². The van der Waals surface area contributed by atoms with Crippen LogP contribution in [-0.4, -0.2) is 54.9 Å². The van der Waals surface area contributed by atoms with Crippen molar-refractivity contribution in [3.8, 4) is 0 Å². The molecule has 0 aromatic rings. The molecule has 2 unspecified atom stereocenters. The number of aliphatic hydroxyl groups is 1. The Hall–Kier alpha value is -1.46. The van der Waals surface area contributed by atoms with Crippen molar-refractivity contribution in [2.75, 3.05) is 26.2 Å². The molecule has 0 aliphatic carbocycles. The SMILES string of the molecule is CC(=NCC(O)CCN=C(C)C1CCCCN1)C1=CC=CCN1. The van der Waals surface area contributed by atoms with E-state index in [0.29, 0.717) is 25.6 Å². The fourth-order valence-electron chi connectivity index (χ4n) is 2.84. The zero-order valence-electron chi connectivity index (χ0n) is 14.4. The maximum Gasteiger partial charge on any atom is 0.0753 e.